The van der Waals surface area contributed by atoms with Crippen LogP contribution in [-0.4, -0.2) is 33.0 Å². The number of hydrogen-bond acceptors (Lipinski definition) is 6. The van der Waals surface area contributed by atoms with Crippen molar-refractivity contribution in [2.75, 3.05) is 12.4 Å². The average Bonchev–Trinajstić information content (AvgIpc) is 3.19. The van der Waals surface area contributed by atoms with Crippen molar-refractivity contribution in [2.45, 2.75) is 25.9 Å². The van der Waals surface area contributed by atoms with Crippen LogP contribution in [0.5, 0.6) is 11.5 Å². The highest BCUT2D eigenvalue weighted by atomic mass is 35.5. The number of halogens is 2. The summed E-state index contributed by atoms with van der Waals surface area (Å²) in [5.41, 5.74) is 2.69. The fraction of sp³-hybridized carbons (Fsp3) is 0.200. The number of aryl methyl sites for hydroxylation is 1. The second-order valence-electron chi connectivity index (χ2n) is 8.04. The molecule has 178 valence electrons. The van der Waals surface area contributed by atoms with Crippen LogP contribution >= 0.6 is 11.6 Å². The molecule has 0 saturated carbocycles. The number of benzene rings is 2. The lowest BCUT2D eigenvalue weighted by molar-refractivity contribution is -0.116. The number of carbonyl (C=O) groups is 1. The first-order valence-electron chi connectivity index (χ1n) is 10.9. The van der Waals surface area contributed by atoms with Crippen LogP contribution in [0.25, 0.3) is 5.82 Å². The Morgan fingerprint density at radius 3 is 2.71 bits per heavy atom. The van der Waals surface area contributed by atoms with Crippen molar-refractivity contribution in [1.29, 1.82) is 0 Å². The normalized spacial score (nSPS) is 14.9. The van der Waals surface area contributed by atoms with Gasteiger partial charge in [0.15, 0.2) is 22.5 Å². The zero-order valence-corrected chi connectivity index (χ0v) is 19.7. The van der Waals surface area contributed by atoms with Gasteiger partial charge in [0.05, 0.1) is 12.8 Å². The van der Waals surface area contributed by atoms with Crippen LogP contribution in [0.15, 0.2) is 54.6 Å². The van der Waals surface area contributed by atoms with Gasteiger partial charge in [0, 0.05) is 29.0 Å². The Morgan fingerprint density at radius 1 is 1.14 bits per heavy atom. The van der Waals surface area contributed by atoms with Gasteiger partial charge in [0.25, 0.3) is 0 Å². The highest BCUT2D eigenvalue weighted by molar-refractivity contribution is 6.29. The molecule has 2 aromatic heterocycles. The summed E-state index contributed by atoms with van der Waals surface area (Å²) in [4.78, 5) is 12.8. The van der Waals surface area contributed by atoms with E-state index in [-0.39, 0.29) is 35.8 Å². The topological polar surface area (TPSA) is 91.2 Å². The third kappa shape index (κ3) is 4.30. The molecule has 0 unspecified atom stereocenters. The zero-order valence-electron chi connectivity index (χ0n) is 19.0. The molecule has 1 atom stereocenters. The molecule has 0 aliphatic carbocycles. The van der Waals surface area contributed by atoms with Crippen LogP contribution in [0.1, 0.15) is 34.7 Å². The molecule has 2 aromatic carbocycles. The summed E-state index contributed by atoms with van der Waals surface area (Å²) in [6.07, 6.45) is 0.176. The van der Waals surface area contributed by atoms with Crippen molar-refractivity contribution in [3.05, 3.63) is 88.0 Å². The first-order valence-corrected chi connectivity index (χ1v) is 11.3. The Morgan fingerprint density at radius 2 is 1.97 bits per heavy atom. The quantitative estimate of drug-likeness (QED) is 0.414. The third-order valence-electron chi connectivity index (χ3n) is 5.87. The molecule has 1 N–H and O–H groups in total. The van der Waals surface area contributed by atoms with Crippen LogP contribution in [-0.2, 0) is 11.4 Å². The van der Waals surface area contributed by atoms with Gasteiger partial charge in [-0.1, -0.05) is 41.9 Å². The molecule has 3 heterocycles. The Hall–Kier alpha value is -3.98. The summed E-state index contributed by atoms with van der Waals surface area (Å²) in [6, 6.07) is 15.2. The molecule has 10 heteroatoms. The number of ether oxygens (including phenoxy) is 2. The number of hydrogen-bond donors (Lipinski definition) is 1. The highest BCUT2D eigenvalue weighted by Gasteiger charge is 2.35. The summed E-state index contributed by atoms with van der Waals surface area (Å²) in [7, 11) is 1.54. The number of para-hydroxylation sites is 1. The maximum atomic E-state index is 14.2. The SMILES string of the molecule is COc1cccc([C@H]2CC(=O)Nc3c2c(C)nn3-c2ccc(Cl)nn2)c1OCc1ccccc1F. The molecule has 0 fully saturated rings. The van der Waals surface area contributed by atoms with E-state index in [0.29, 0.717) is 34.4 Å². The lowest BCUT2D eigenvalue weighted by Crippen LogP contribution is -2.25. The van der Waals surface area contributed by atoms with Crippen LogP contribution in [0.4, 0.5) is 10.2 Å². The van der Waals surface area contributed by atoms with E-state index in [2.05, 4.69) is 20.6 Å². The summed E-state index contributed by atoms with van der Waals surface area (Å²) in [6.45, 7) is 1.87. The van der Waals surface area contributed by atoms with E-state index in [1.807, 2.05) is 19.1 Å². The fourth-order valence-electron chi connectivity index (χ4n) is 4.29. The number of fused-ring (bicyclic) bond motifs is 1. The van der Waals surface area contributed by atoms with Crippen molar-refractivity contribution in [3.63, 3.8) is 0 Å². The molecule has 0 radical (unpaired) electrons. The molecule has 0 saturated heterocycles. The largest absolute Gasteiger partial charge is 0.493 e. The van der Waals surface area contributed by atoms with Crippen molar-refractivity contribution < 1.29 is 18.7 Å². The molecule has 1 aliphatic heterocycles. The second kappa shape index (κ2) is 9.34. The van der Waals surface area contributed by atoms with Crippen molar-refractivity contribution in [3.8, 4) is 17.3 Å². The van der Waals surface area contributed by atoms with E-state index in [0.717, 1.165) is 11.1 Å². The molecule has 5 rings (SSSR count). The Balaban J connectivity index is 1.59. The van der Waals surface area contributed by atoms with Crippen LogP contribution < -0.4 is 14.8 Å². The predicted octanol–water partition coefficient (Wildman–Crippen LogP) is 4.82. The first-order chi connectivity index (χ1) is 17.0. The standard InChI is InChI=1S/C25H21ClFN5O3/c1-14-23-17(12-22(33)28-25(23)32(31-14)21-11-10-20(26)29-30-21)16-7-5-9-19(34-2)24(16)35-13-15-6-3-4-8-18(15)27/h3-11,17H,12-13H2,1-2H3,(H,28,33)/t17-/m1/s1. The van der Waals surface area contributed by atoms with Crippen LogP contribution in [0, 0.1) is 12.7 Å². The molecular weight excluding hydrogens is 473 g/mol. The minimum Gasteiger partial charge on any atom is -0.493 e. The Labute approximate surface area is 205 Å². The maximum absolute atomic E-state index is 14.2. The van der Waals surface area contributed by atoms with Crippen LogP contribution in [0.2, 0.25) is 5.15 Å². The van der Waals surface area contributed by atoms with Gasteiger partial charge in [-0.05, 0) is 31.2 Å². The number of amides is 1. The Kier molecular flexibility index (Phi) is 6.08. The van der Waals surface area contributed by atoms with E-state index < -0.39 is 0 Å². The number of nitrogens with one attached hydrogen (secondary N) is 1. The minimum atomic E-state index is -0.376. The highest BCUT2D eigenvalue weighted by Crippen LogP contribution is 2.46. The summed E-state index contributed by atoms with van der Waals surface area (Å²) in [5.74, 6) is 0.934. The zero-order chi connectivity index (χ0) is 24.5. The lowest BCUT2D eigenvalue weighted by atomic mass is 9.85. The van der Waals surface area contributed by atoms with E-state index in [1.165, 1.54) is 17.9 Å². The number of nitrogens with zero attached hydrogens (tertiary/aromatic N) is 4. The van der Waals surface area contributed by atoms with Gasteiger partial charge in [-0.3, -0.25) is 4.79 Å². The van der Waals surface area contributed by atoms with Crippen LogP contribution in [0.3, 0.4) is 0 Å². The van der Waals surface area contributed by atoms with E-state index in [1.54, 1.807) is 36.4 Å². The van der Waals surface area contributed by atoms with Gasteiger partial charge in [-0.2, -0.15) is 9.78 Å². The van der Waals surface area contributed by atoms with E-state index >= 15 is 0 Å². The van der Waals surface area contributed by atoms with Gasteiger partial charge in [0.1, 0.15) is 18.2 Å². The molecule has 1 aliphatic rings. The molecule has 4 aromatic rings. The average molecular weight is 494 g/mol. The van der Waals surface area contributed by atoms with Gasteiger partial charge < -0.3 is 14.8 Å². The van der Waals surface area contributed by atoms with E-state index in [9.17, 15) is 9.18 Å². The molecule has 35 heavy (non-hydrogen) atoms. The first kappa shape index (κ1) is 22.8. The number of aromatic nitrogens is 4. The van der Waals surface area contributed by atoms with Crippen molar-refractivity contribution in [1.82, 2.24) is 20.0 Å². The smallest absolute Gasteiger partial charge is 0.226 e. The van der Waals surface area contributed by atoms with Crippen molar-refractivity contribution in [2.24, 2.45) is 0 Å². The number of carbonyl (C=O) groups excluding carboxylic acids is 1. The predicted molar refractivity (Wildman–Crippen MR) is 128 cm³/mol. The van der Waals surface area contributed by atoms with Gasteiger partial charge >= 0.3 is 0 Å². The third-order valence-corrected chi connectivity index (χ3v) is 6.07. The van der Waals surface area contributed by atoms with Gasteiger partial charge in [0.2, 0.25) is 5.91 Å². The number of anilines is 1. The molecule has 8 nitrogen and oxygen atoms in total. The maximum Gasteiger partial charge on any atom is 0.226 e. The second-order valence-corrected chi connectivity index (χ2v) is 8.42. The van der Waals surface area contributed by atoms with E-state index in [4.69, 9.17) is 21.1 Å². The lowest BCUT2D eigenvalue weighted by Gasteiger charge is -2.26. The monoisotopic (exact) mass is 493 g/mol. The number of methoxy groups -OCH3 is 1. The van der Waals surface area contributed by atoms with Gasteiger partial charge in [-0.15, -0.1) is 10.2 Å². The Bertz CT molecular complexity index is 1410. The molecular formula is C25H21ClFN5O3. The molecule has 0 spiro atoms. The summed E-state index contributed by atoms with van der Waals surface area (Å²) < 4.78 is 27.4. The molecule has 0 bridgehead atoms. The van der Waals surface area contributed by atoms with Crippen molar-refractivity contribution >= 4 is 23.3 Å². The summed E-state index contributed by atoms with van der Waals surface area (Å²) in [5, 5.41) is 15.8. The summed E-state index contributed by atoms with van der Waals surface area (Å²) >= 11 is 5.88. The minimum absolute atomic E-state index is 0.00439. The number of rotatable bonds is 6. The fourth-order valence-corrected chi connectivity index (χ4v) is 4.39. The molecule has 1 amide bonds. The van der Waals surface area contributed by atoms with Gasteiger partial charge in [-0.25, -0.2) is 4.39 Å².